The van der Waals surface area contributed by atoms with Gasteiger partial charge in [0.2, 0.25) is 11.8 Å². The second-order valence-corrected chi connectivity index (χ2v) is 24.6. The molecule has 0 saturated heterocycles. The number of rotatable bonds is 4. The summed E-state index contributed by atoms with van der Waals surface area (Å²) in [5, 5.41) is 23.7. The van der Waals surface area contributed by atoms with Crippen LogP contribution in [0.25, 0.3) is 16.0 Å². The Hall–Kier alpha value is -4.85. The van der Waals surface area contributed by atoms with Crippen LogP contribution < -0.4 is 40.2 Å². The van der Waals surface area contributed by atoms with Crippen LogP contribution in [-0.2, 0) is 44.0 Å². The fraction of sp³-hybridized carbons (Fsp3) is 0.667. The van der Waals surface area contributed by atoms with Gasteiger partial charge in [-0.05, 0) is 156 Å². The van der Waals surface area contributed by atoms with Gasteiger partial charge >= 0.3 is 40.0 Å². The number of hydrogen-bond donors (Lipinski definition) is 4. The predicted molar refractivity (Wildman–Crippen MR) is 280 cm³/mol. The topological polar surface area (TPSA) is 324 Å². The van der Waals surface area contributed by atoms with Gasteiger partial charge in [0.25, 0.3) is 0 Å². The molecule has 5 saturated carbocycles. The molecule has 18 nitrogen and oxygen atoms in total. The molecule has 2 heterocycles. The Labute approximate surface area is 475 Å². The van der Waals surface area contributed by atoms with E-state index in [1.807, 2.05) is 33.0 Å². The first-order valence-electron chi connectivity index (χ1n) is 26.9. The number of carbonyl (C=O) groups excluding carboxylic acids is 7. The summed E-state index contributed by atoms with van der Waals surface area (Å²) in [6.45, 7) is 13.2. The summed E-state index contributed by atoms with van der Waals surface area (Å²) in [7, 11) is -4.67. The molecule has 0 aromatic heterocycles. The molecule has 77 heavy (non-hydrogen) atoms. The van der Waals surface area contributed by atoms with Crippen molar-refractivity contribution in [3.63, 3.8) is 0 Å². The third kappa shape index (κ3) is 13.3. The second-order valence-electron chi connectivity index (χ2n) is 23.7. The summed E-state index contributed by atoms with van der Waals surface area (Å²) < 4.78 is 31.6. The minimum atomic E-state index is -4.67. The number of ketones is 5. The van der Waals surface area contributed by atoms with Crippen molar-refractivity contribution in [1.82, 2.24) is 10.6 Å². The van der Waals surface area contributed by atoms with Crippen LogP contribution >= 0.6 is 0 Å². The van der Waals surface area contributed by atoms with Gasteiger partial charge in [-0.15, -0.1) is 0 Å². The van der Waals surface area contributed by atoms with E-state index in [0.29, 0.717) is 86.4 Å². The molecule has 8 aliphatic carbocycles. The van der Waals surface area contributed by atoms with Crippen LogP contribution in [0.15, 0.2) is 58.4 Å². The monoisotopic (exact) mass is 1090 g/mol. The maximum absolute atomic E-state index is 13.0. The molecule has 20 heteroatoms. The quantitative estimate of drug-likeness (QED) is 0.0753. The van der Waals surface area contributed by atoms with E-state index < -0.39 is 15.8 Å². The number of allylic oxidation sites excluding steroid dienone is 7. The van der Waals surface area contributed by atoms with Crippen LogP contribution in [0.1, 0.15) is 157 Å². The van der Waals surface area contributed by atoms with Crippen molar-refractivity contribution in [3.05, 3.63) is 74.3 Å². The minimum Gasteiger partial charge on any atom is -0.373 e. The number of nitrogens with one attached hydrogen (secondary N) is 2. The van der Waals surface area contributed by atoms with Crippen molar-refractivity contribution in [1.29, 1.82) is 10.5 Å². The number of carbonyl (C=O) groups is 7. The van der Waals surface area contributed by atoms with Crippen LogP contribution in [0.2, 0.25) is 0 Å². The molecule has 10 rings (SSSR count). The molecule has 10 aliphatic rings. The maximum Gasteiger partial charge on any atom is 1.00 e. The fourth-order valence-electron chi connectivity index (χ4n) is 16.2. The zero-order valence-corrected chi connectivity index (χ0v) is 48.5. The average Bonchev–Trinajstić information content (AvgIpc) is 3.42. The van der Waals surface area contributed by atoms with Gasteiger partial charge in [-0.2, -0.15) is 18.9 Å². The summed E-state index contributed by atoms with van der Waals surface area (Å²) in [6.07, 6.45) is 22.8. The first-order chi connectivity index (χ1) is 35.7. The number of Topliss-reactive ketones (excluding diaryl/α,β-unsaturated/α-hetero) is 2. The van der Waals surface area contributed by atoms with Gasteiger partial charge in [0.15, 0.2) is 17.3 Å². The van der Waals surface area contributed by atoms with Gasteiger partial charge in [0, 0.05) is 91.3 Å². The molecule has 0 radical (unpaired) electrons. The Morgan fingerprint density at radius 1 is 0.649 bits per heavy atom. The van der Waals surface area contributed by atoms with Crippen LogP contribution in [0.4, 0.5) is 0 Å². The normalized spacial score (nSPS) is 36.4. The molecule has 0 unspecified atom stereocenters. The number of hydrogen-bond acceptors (Lipinski definition) is 11. The minimum absolute atomic E-state index is 0. The Bertz CT molecular complexity index is 2790. The molecule has 2 aliphatic heterocycles. The zero-order chi connectivity index (χ0) is 56.1. The largest absolute Gasteiger partial charge is 1.00 e. The van der Waals surface area contributed by atoms with Crippen molar-refractivity contribution >= 4 is 51.1 Å². The molecular weight excluding hydrogens is 1010 g/mol. The molecule has 2 amide bonds. The standard InChI is InChI=1S/2C19H24N2O2.C19H24O3.N3.Na.H2O4S/c1-12-10-16(22)18-15(14(12)4-3-9-20)6-5-13-11-21-17(23)7-8-19(13,18)2;1-12-10-16(22)18-15(14(12)4-3-8-20)6-5-13-11-17(23)21-9-7-19(13,18)2;1-18-8-7-12(20)9-11(18)3-4-13-14-5-6-16(22)19(14,2)10-15(21)17(13)18;1-3-2;;1-5(2,3)4/h10-11,14-15,18H,3-8H2,1-2H3,(H,21,23);10-11,14-15,18H,3-7,9H2,1-2H3,(H,21,23);9,13-14,17H,3-8,10H2,1-2H3;;;(H2,1,2,3,4)/q;;;-1;+1;/t2*14-,15+,18-,19+;13-,14-,17+,18-,19-;;;/m110.../s1. The zero-order valence-electron chi connectivity index (χ0n) is 45.7. The fourth-order valence-corrected chi connectivity index (χ4v) is 16.2. The van der Waals surface area contributed by atoms with E-state index in [-0.39, 0.29) is 98.5 Å². The number of nitriles is 2. The van der Waals surface area contributed by atoms with Crippen molar-refractivity contribution in [3.8, 4) is 12.1 Å². The van der Waals surface area contributed by atoms with E-state index in [1.54, 1.807) is 18.2 Å². The average molecular weight is 1090 g/mol. The maximum atomic E-state index is 13.0. The molecule has 0 bridgehead atoms. The van der Waals surface area contributed by atoms with E-state index in [4.69, 9.17) is 39.1 Å². The number of nitrogens with zero attached hydrogens (tertiary/aromatic N) is 5. The van der Waals surface area contributed by atoms with Gasteiger partial charge in [0.05, 0.1) is 12.1 Å². The van der Waals surface area contributed by atoms with Crippen LogP contribution in [0, 0.1) is 97.6 Å². The van der Waals surface area contributed by atoms with Gasteiger partial charge in [-0.3, -0.25) is 47.6 Å². The summed E-state index contributed by atoms with van der Waals surface area (Å²) >= 11 is 0. The Morgan fingerprint density at radius 3 is 1.65 bits per heavy atom. The van der Waals surface area contributed by atoms with E-state index >= 15 is 0 Å². The third-order valence-electron chi connectivity index (χ3n) is 19.8. The van der Waals surface area contributed by atoms with Crippen molar-refractivity contribution < 1.29 is 80.6 Å². The van der Waals surface area contributed by atoms with Gasteiger partial charge in [-0.25, -0.2) is 0 Å². The number of fused-ring (bicyclic) bond motifs is 11. The van der Waals surface area contributed by atoms with Crippen molar-refractivity contribution in [2.75, 3.05) is 6.54 Å². The molecule has 4 N–H and O–H groups in total. The summed E-state index contributed by atoms with van der Waals surface area (Å²) in [4.78, 5) is 87.9. The smallest absolute Gasteiger partial charge is 0.373 e. The summed E-state index contributed by atoms with van der Waals surface area (Å²) in [5.41, 5.74) is 18.3. The summed E-state index contributed by atoms with van der Waals surface area (Å²) in [5.74, 6) is 3.12. The molecule has 5 fully saturated rings. The van der Waals surface area contributed by atoms with Gasteiger partial charge in [-0.1, -0.05) is 50.0 Å². The van der Waals surface area contributed by atoms with Gasteiger partial charge < -0.3 is 21.7 Å². The SMILES string of the molecule is CC1=CC(=O)[C@H]2[C@@H](CCC3=CC(=O)NCC[C@@]32C)[C@@H]1CCC#N.CC1=CC(=O)[C@H]2[C@@H](CCC3=CNC(=O)CC[C@@]32C)[C@@H]1CCC#N.C[C@]12CCC(=O)C=C1CC[C@@H]1[C@@H]2C(=O)C[C@]2(C)C(=O)CC[C@@H]12.O=S(=O)(O)O.[N-]=[N+]=[N-].[Na+]. The Balaban J connectivity index is 0.000000198. The molecular formula is C57H74N7NaO11S. The second kappa shape index (κ2) is 25.5. The van der Waals surface area contributed by atoms with Crippen LogP contribution in [0.5, 0.6) is 0 Å². The van der Waals surface area contributed by atoms with E-state index in [9.17, 15) is 33.6 Å². The van der Waals surface area contributed by atoms with Crippen LogP contribution in [-0.4, -0.2) is 64.8 Å². The van der Waals surface area contributed by atoms with Crippen molar-refractivity contribution in [2.24, 2.45) is 74.9 Å². The molecule has 0 spiro atoms. The Morgan fingerprint density at radius 2 is 1.12 bits per heavy atom. The Kier molecular flexibility index (Phi) is 20.9. The van der Waals surface area contributed by atoms with Crippen LogP contribution in [0.3, 0.4) is 0 Å². The molecule has 13 atom stereocenters. The van der Waals surface area contributed by atoms with Crippen molar-refractivity contribution in [2.45, 2.75) is 157 Å². The molecule has 410 valence electrons. The first kappa shape index (κ1) is 63.0. The molecule has 0 aromatic carbocycles. The summed E-state index contributed by atoms with van der Waals surface area (Å²) in [6, 6.07) is 4.49. The van der Waals surface area contributed by atoms with E-state index in [0.717, 1.165) is 93.8 Å². The first-order valence-corrected chi connectivity index (χ1v) is 28.3. The third-order valence-corrected chi connectivity index (χ3v) is 19.8. The van der Waals surface area contributed by atoms with E-state index in [1.165, 1.54) is 16.1 Å². The number of amides is 2. The van der Waals surface area contributed by atoms with E-state index in [2.05, 4.69) is 43.5 Å². The molecule has 0 aromatic rings. The predicted octanol–water partition coefficient (Wildman–Crippen LogP) is 6.66. The van der Waals surface area contributed by atoms with Gasteiger partial charge in [0.1, 0.15) is 11.6 Å².